The minimum atomic E-state index is -4.59. The fraction of sp³-hybridized carbons (Fsp3) is 0.217. The number of aromatic amines is 1. The summed E-state index contributed by atoms with van der Waals surface area (Å²) in [4.78, 5) is 47.9. The lowest BCUT2D eigenvalue weighted by atomic mass is 10.1. The Morgan fingerprint density at radius 3 is 2.46 bits per heavy atom. The number of ether oxygens (including phenoxy) is 1. The number of anilines is 2. The van der Waals surface area contributed by atoms with Crippen LogP contribution in [0, 0.1) is 0 Å². The van der Waals surface area contributed by atoms with Crippen molar-refractivity contribution in [1.82, 2.24) is 9.55 Å². The molecule has 0 radical (unpaired) electrons. The Morgan fingerprint density at radius 2 is 1.82 bits per heavy atom. The van der Waals surface area contributed by atoms with Crippen molar-refractivity contribution in [1.29, 1.82) is 0 Å². The van der Waals surface area contributed by atoms with Gasteiger partial charge < -0.3 is 30.5 Å². The first kappa shape index (κ1) is 27.4. The number of aromatic carboxylic acids is 2. The number of aliphatic hydroxyl groups excluding tert-OH is 1. The van der Waals surface area contributed by atoms with Crippen molar-refractivity contribution in [3.63, 3.8) is 0 Å². The lowest BCUT2D eigenvalue weighted by Gasteiger charge is -2.19. The zero-order valence-corrected chi connectivity index (χ0v) is 20.6. The highest BCUT2D eigenvalue weighted by molar-refractivity contribution is 7.92. The minimum Gasteiger partial charge on any atom is -0.506 e. The smallest absolute Gasteiger partial charge is 0.339 e. The molecule has 3 aromatic rings. The number of carboxylic acid groups (broad SMARTS) is 2. The van der Waals surface area contributed by atoms with Gasteiger partial charge in [-0.05, 0) is 30.3 Å². The summed E-state index contributed by atoms with van der Waals surface area (Å²) in [6, 6.07) is 7.61. The molecule has 39 heavy (non-hydrogen) atoms. The van der Waals surface area contributed by atoms with Crippen LogP contribution >= 0.6 is 0 Å². The van der Waals surface area contributed by atoms with E-state index in [1.54, 1.807) is 0 Å². The van der Waals surface area contributed by atoms with E-state index >= 15 is 0 Å². The number of aliphatic hydroxyl groups is 1. The van der Waals surface area contributed by atoms with Crippen molar-refractivity contribution in [3.8, 4) is 5.75 Å². The fourth-order valence-corrected chi connectivity index (χ4v) is 5.30. The SMILES string of the molecule is O=C(O)c1ccc(NS(=O)(=O)c2cccc(NCC3OC(n4ccc(=O)[nH]c4=O)CC3O)c2C(=O)O)c(O)c1. The van der Waals surface area contributed by atoms with Crippen molar-refractivity contribution in [3.05, 3.63) is 80.6 Å². The lowest BCUT2D eigenvalue weighted by molar-refractivity contribution is -0.0131. The highest BCUT2D eigenvalue weighted by Crippen LogP contribution is 2.31. The number of aromatic nitrogens is 2. The van der Waals surface area contributed by atoms with Crippen LogP contribution in [0.4, 0.5) is 11.4 Å². The number of hydrogen-bond acceptors (Lipinski definition) is 10. The first-order chi connectivity index (χ1) is 18.4. The second-order valence-electron chi connectivity index (χ2n) is 8.46. The number of H-pyrrole nitrogens is 1. The Bertz CT molecular complexity index is 1660. The van der Waals surface area contributed by atoms with Crippen molar-refractivity contribution in [2.75, 3.05) is 16.6 Å². The van der Waals surface area contributed by atoms with E-state index in [1.165, 1.54) is 18.3 Å². The highest BCUT2D eigenvalue weighted by Gasteiger charge is 2.36. The Hall–Kier alpha value is -4.67. The quantitative estimate of drug-likeness (QED) is 0.173. The molecular formula is C23H22N4O11S. The lowest BCUT2D eigenvalue weighted by Crippen LogP contribution is -2.32. The number of phenols is 1. The molecule has 1 aliphatic rings. The maximum atomic E-state index is 13.1. The molecule has 2 aromatic carbocycles. The van der Waals surface area contributed by atoms with Crippen LogP contribution in [0.15, 0.2) is 63.1 Å². The fourth-order valence-electron chi connectivity index (χ4n) is 4.01. The number of phenolic OH excluding ortho intramolecular Hbond substituents is 1. The third kappa shape index (κ3) is 5.77. The van der Waals surface area contributed by atoms with Gasteiger partial charge in [-0.15, -0.1) is 0 Å². The van der Waals surface area contributed by atoms with Crippen LogP contribution in [-0.2, 0) is 14.8 Å². The van der Waals surface area contributed by atoms with Crippen LogP contribution in [0.1, 0.15) is 33.4 Å². The molecule has 1 fully saturated rings. The maximum Gasteiger partial charge on any atom is 0.339 e. The van der Waals surface area contributed by atoms with E-state index < -0.39 is 67.9 Å². The molecule has 0 amide bonds. The Balaban J connectivity index is 1.56. The van der Waals surface area contributed by atoms with Gasteiger partial charge in [0.05, 0.1) is 23.0 Å². The average molecular weight is 563 g/mol. The summed E-state index contributed by atoms with van der Waals surface area (Å²) in [5.41, 5.74) is -2.79. The van der Waals surface area contributed by atoms with E-state index in [0.717, 1.165) is 34.9 Å². The Labute approximate surface area is 219 Å². The molecule has 1 aliphatic heterocycles. The number of sulfonamides is 1. The number of nitrogens with one attached hydrogen (secondary N) is 3. The van der Waals surface area contributed by atoms with Crippen molar-refractivity contribution in [2.45, 2.75) is 29.8 Å². The van der Waals surface area contributed by atoms with E-state index in [2.05, 4.69) is 10.3 Å². The summed E-state index contributed by atoms with van der Waals surface area (Å²) in [6.07, 6.45) is -1.72. The summed E-state index contributed by atoms with van der Waals surface area (Å²) >= 11 is 0. The molecule has 0 aliphatic carbocycles. The molecule has 7 N–H and O–H groups in total. The molecular weight excluding hydrogens is 540 g/mol. The summed E-state index contributed by atoms with van der Waals surface area (Å²) in [5.74, 6) is -3.64. The van der Waals surface area contributed by atoms with Crippen molar-refractivity contribution >= 4 is 33.3 Å². The molecule has 0 spiro atoms. The highest BCUT2D eigenvalue weighted by atomic mass is 32.2. The molecule has 2 heterocycles. The van der Waals surface area contributed by atoms with E-state index in [1.807, 2.05) is 4.72 Å². The molecule has 3 unspecified atom stereocenters. The van der Waals surface area contributed by atoms with Crippen LogP contribution in [0.2, 0.25) is 0 Å². The van der Waals surface area contributed by atoms with Crippen LogP contribution in [-0.4, -0.2) is 69.1 Å². The molecule has 15 nitrogen and oxygen atoms in total. The van der Waals surface area contributed by atoms with Crippen molar-refractivity contribution < 1.29 is 43.2 Å². The Kier molecular flexibility index (Phi) is 7.44. The summed E-state index contributed by atoms with van der Waals surface area (Å²) in [7, 11) is -4.59. The van der Waals surface area contributed by atoms with Crippen LogP contribution in [0.3, 0.4) is 0 Å². The van der Waals surface area contributed by atoms with Gasteiger partial charge in [-0.1, -0.05) is 6.07 Å². The van der Waals surface area contributed by atoms with E-state index in [-0.39, 0.29) is 29.9 Å². The standard InChI is InChI=1S/C23H22N4O11S/c28-14-8-11(21(31)32)4-5-12(14)26-39(36,37)17-3-1-2-13(20(17)22(33)34)24-10-16-15(29)9-19(38-16)27-7-6-18(30)25-23(27)35/h1-8,15-16,19,24,26,28-29H,9-10H2,(H,31,32)(H,33,34)(H,25,30,35). The molecule has 16 heteroatoms. The number of benzene rings is 2. The number of rotatable bonds is 9. The summed E-state index contributed by atoms with van der Waals surface area (Å²) in [5, 5.41) is 42.0. The third-order valence-corrected chi connectivity index (χ3v) is 7.29. The van der Waals surface area contributed by atoms with Gasteiger partial charge in [-0.3, -0.25) is 19.1 Å². The monoisotopic (exact) mass is 562 g/mol. The summed E-state index contributed by atoms with van der Waals surface area (Å²) < 4.78 is 35.0. The number of carbonyl (C=O) groups is 2. The molecule has 206 valence electrons. The maximum absolute atomic E-state index is 13.1. The van der Waals surface area contributed by atoms with Gasteiger partial charge >= 0.3 is 17.6 Å². The molecule has 1 saturated heterocycles. The van der Waals surface area contributed by atoms with Crippen molar-refractivity contribution in [2.24, 2.45) is 0 Å². The van der Waals surface area contributed by atoms with Gasteiger partial charge in [0.2, 0.25) is 0 Å². The minimum absolute atomic E-state index is 0.00736. The molecule has 4 rings (SSSR count). The molecule has 3 atom stereocenters. The van der Waals surface area contributed by atoms with Gasteiger partial charge in [0.15, 0.2) is 0 Å². The Morgan fingerprint density at radius 1 is 1.08 bits per heavy atom. The second-order valence-corrected chi connectivity index (χ2v) is 10.1. The van der Waals surface area contributed by atoms with E-state index in [9.17, 15) is 42.9 Å². The van der Waals surface area contributed by atoms with Gasteiger partial charge in [0.25, 0.3) is 15.6 Å². The second kappa shape index (κ2) is 10.6. The first-order valence-electron chi connectivity index (χ1n) is 11.2. The average Bonchev–Trinajstić information content (AvgIpc) is 3.23. The van der Waals surface area contributed by atoms with Crippen LogP contribution in [0.5, 0.6) is 5.75 Å². The predicted molar refractivity (Wildman–Crippen MR) is 134 cm³/mol. The van der Waals surface area contributed by atoms with E-state index in [0.29, 0.717) is 0 Å². The number of carboxylic acids is 2. The van der Waals surface area contributed by atoms with Gasteiger partial charge in [-0.2, -0.15) is 0 Å². The zero-order valence-electron chi connectivity index (χ0n) is 19.8. The van der Waals surface area contributed by atoms with Crippen LogP contribution in [0.25, 0.3) is 0 Å². The zero-order chi connectivity index (χ0) is 28.5. The third-order valence-electron chi connectivity index (χ3n) is 5.88. The largest absolute Gasteiger partial charge is 0.506 e. The molecule has 1 aromatic heterocycles. The van der Waals surface area contributed by atoms with E-state index in [4.69, 9.17) is 9.84 Å². The van der Waals surface area contributed by atoms with Gasteiger partial charge in [-0.25, -0.2) is 22.8 Å². The number of aromatic hydroxyl groups is 1. The van der Waals surface area contributed by atoms with Gasteiger partial charge in [0.1, 0.15) is 28.5 Å². The van der Waals surface area contributed by atoms with Gasteiger partial charge in [0, 0.05) is 25.2 Å². The normalized spacial score (nSPS) is 18.9. The topological polar surface area (TPSA) is 237 Å². The molecule has 0 saturated carbocycles. The number of nitrogens with zero attached hydrogens (tertiary/aromatic N) is 1. The van der Waals surface area contributed by atoms with Crippen LogP contribution < -0.4 is 21.3 Å². The number of hydrogen-bond donors (Lipinski definition) is 7. The summed E-state index contributed by atoms with van der Waals surface area (Å²) in [6.45, 7) is -0.176. The first-order valence-corrected chi connectivity index (χ1v) is 12.7. The molecule has 0 bridgehead atoms. The predicted octanol–water partition coefficient (Wildman–Crippen LogP) is 0.200.